The Kier molecular flexibility index (Phi) is 3.24. The Balaban J connectivity index is 1.49. The van der Waals surface area contributed by atoms with Gasteiger partial charge in [0, 0.05) is 12.7 Å². The van der Waals surface area contributed by atoms with Crippen molar-refractivity contribution in [3.8, 4) is 11.5 Å². The fourth-order valence-corrected chi connectivity index (χ4v) is 3.70. The van der Waals surface area contributed by atoms with E-state index in [-0.39, 0.29) is 5.54 Å². The highest BCUT2D eigenvalue weighted by Crippen LogP contribution is 2.43. The average molecular weight is 349 g/mol. The molecule has 0 radical (unpaired) electrons. The second kappa shape index (κ2) is 5.59. The topological polar surface area (TPSA) is 81.4 Å². The van der Waals surface area contributed by atoms with Crippen molar-refractivity contribution in [3.63, 3.8) is 0 Å². The van der Waals surface area contributed by atoms with E-state index in [2.05, 4.69) is 31.4 Å². The number of pyridine rings is 1. The Morgan fingerprint density at radius 2 is 2.16 bits per heavy atom. The van der Waals surface area contributed by atoms with Crippen LogP contribution in [0, 0.1) is 0 Å². The van der Waals surface area contributed by atoms with E-state index in [1.807, 2.05) is 28.3 Å². The molecule has 0 aliphatic heterocycles. The number of nitrogens with one attached hydrogen (secondary N) is 1. The second-order valence-electron chi connectivity index (χ2n) is 6.17. The largest absolute Gasteiger partial charge is 0.367 e. The molecule has 25 heavy (non-hydrogen) atoms. The van der Waals surface area contributed by atoms with Crippen molar-refractivity contribution in [3.05, 3.63) is 48.5 Å². The van der Waals surface area contributed by atoms with Gasteiger partial charge in [-0.1, -0.05) is 6.07 Å². The number of nitrogens with zero attached hydrogens (tertiary/aromatic N) is 6. The van der Waals surface area contributed by atoms with Crippen LogP contribution in [0.3, 0.4) is 0 Å². The van der Waals surface area contributed by atoms with E-state index in [1.165, 1.54) is 0 Å². The van der Waals surface area contributed by atoms with Crippen LogP contribution in [0.4, 0.5) is 5.82 Å². The molecule has 1 aliphatic carbocycles. The fraction of sp³-hybridized carbons (Fsp3) is 0.235. The molecule has 1 saturated carbocycles. The maximum absolute atomic E-state index is 4.73. The van der Waals surface area contributed by atoms with E-state index in [1.54, 1.807) is 30.2 Å². The Labute approximate surface area is 147 Å². The standard InChI is InChI=1S/C17H15N7S/c1-2-7-19-13(3-1)15-22-14(12-4-8-25-16(12)23-15)20-9-17(5-6-17)24-11-18-10-21-24/h1-4,7-8,10-11H,5-6,9H2,(H,20,22,23). The zero-order valence-electron chi connectivity index (χ0n) is 13.3. The first-order valence-electron chi connectivity index (χ1n) is 8.10. The number of rotatable bonds is 5. The van der Waals surface area contributed by atoms with Crippen molar-refractivity contribution in [2.45, 2.75) is 18.4 Å². The van der Waals surface area contributed by atoms with Gasteiger partial charge in [-0.25, -0.2) is 19.6 Å². The second-order valence-corrected chi connectivity index (χ2v) is 7.06. The Hall–Kier alpha value is -2.87. The molecule has 1 N–H and O–H groups in total. The van der Waals surface area contributed by atoms with Gasteiger partial charge in [-0.05, 0) is 36.4 Å². The Morgan fingerprint density at radius 3 is 2.92 bits per heavy atom. The van der Waals surface area contributed by atoms with Crippen LogP contribution in [-0.2, 0) is 5.54 Å². The molecule has 1 aliphatic rings. The molecule has 0 unspecified atom stereocenters. The highest BCUT2D eigenvalue weighted by atomic mass is 32.1. The number of thiophene rings is 1. The van der Waals surface area contributed by atoms with E-state index in [0.717, 1.165) is 41.1 Å². The van der Waals surface area contributed by atoms with E-state index in [0.29, 0.717) is 5.82 Å². The van der Waals surface area contributed by atoms with Crippen LogP contribution in [0.25, 0.3) is 21.7 Å². The van der Waals surface area contributed by atoms with Crippen LogP contribution < -0.4 is 5.32 Å². The van der Waals surface area contributed by atoms with E-state index in [9.17, 15) is 0 Å². The molecule has 4 aromatic rings. The molecule has 1 fully saturated rings. The fourth-order valence-electron chi connectivity index (χ4n) is 2.93. The molecule has 0 spiro atoms. The number of hydrogen-bond donors (Lipinski definition) is 1. The third kappa shape index (κ3) is 2.54. The molecule has 0 aromatic carbocycles. The normalized spacial score (nSPS) is 15.4. The van der Waals surface area contributed by atoms with Gasteiger partial charge in [-0.3, -0.25) is 4.98 Å². The van der Waals surface area contributed by atoms with E-state index < -0.39 is 0 Å². The number of fused-ring (bicyclic) bond motifs is 1. The highest BCUT2D eigenvalue weighted by molar-refractivity contribution is 7.16. The highest BCUT2D eigenvalue weighted by Gasteiger charge is 2.45. The third-order valence-electron chi connectivity index (χ3n) is 4.54. The first kappa shape index (κ1) is 14.5. The minimum Gasteiger partial charge on any atom is -0.367 e. The van der Waals surface area contributed by atoms with Crippen LogP contribution in [0.15, 0.2) is 48.5 Å². The zero-order valence-corrected chi connectivity index (χ0v) is 14.1. The van der Waals surface area contributed by atoms with Gasteiger partial charge in [0.1, 0.15) is 29.0 Å². The van der Waals surface area contributed by atoms with Crippen LogP contribution in [0.2, 0.25) is 0 Å². The number of aromatic nitrogens is 6. The maximum Gasteiger partial charge on any atom is 0.181 e. The average Bonchev–Trinajstić information content (AvgIpc) is 3.06. The van der Waals surface area contributed by atoms with Crippen molar-refractivity contribution in [2.75, 3.05) is 11.9 Å². The monoisotopic (exact) mass is 349 g/mol. The lowest BCUT2D eigenvalue weighted by Gasteiger charge is -2.17. The van der Waals surface area contributed by atoms with Gasteiger partial charge >= 0.3 is 0 Å². The van der Waals surface area contributed by atoms with Gasteiger partial charge in [0.15, 0.2) is 5.82 Å². The van der Waals surface area contributed by atoms with Gasteiger partial charge in [0.05, 0.1) is 10.9 Å². The minimum atomic E-state index is 0.00888. The van der Waals surface area contributed by atoms with Crippen molar-refractivity contribution < 1.29 is 0 Å². The lowest BCUT2D eigenvalue weighted by molar-refractivity contribution is 0.451. The molecule has 5 rings (SSSR count). The molecule has 0 bridgehead atoms. The van der Waals surface area contributed by atoms with Crippen LogP contribution in [0.5, 0.6) is 0 Å². The number of anilines is 1. The van der Waals surface area contributed by atoms with Gasteiger partial charge in [0.2, 0.25) is 0 Å². The predicted octanol–water partition coefficient (Wildman–Crippen LogP) is 2.95. The molecule has 4 aromatic heterocycles. The molecule has 4 heterocycles. The summed E-state index contributed by atoms with van der Waals surface area (Å²) < 4.78 is 1.95. The molecule has 7 nitrogen and oxygen atoms in total. The Bertz CT molecular complexity index is 1010. The van der Waals surface area contributed by atoms with Gasteiger partial charge in [-0.15, -0.1) is 11.3 Å². The molecule has 124 valence electrons. The predicted molar refractivity (Wildman–Crippen MR) is 96.4 cm³/mol. The summed E-state index contributed by atoms with van der Waals surface area (Å²) in [5, 5.41) is 10.9. The van der Waals surface area contributed by atoms with Crippen LogP contribution in [-0.4, -0.2) is 36.3 Å². The maximum atomic E-state index is 4.73. The molecular weight excluding hydrogens is 334 g/mol. The Morgan fingerprint density at radius 1 is 1.20 bits per heavy atom. The van der Waals surface area contributed by atoms with Gasteiger partial charge in [-0.2, -0.15) is 5.10 Å². The first-order chi connectivity index (χ1) is 12.3. The first-order valence-corrected chi connectivity index (χ1v) is 8.98. The lowest BCUT2D eigenvalue weighted by atomic mass is 10.2. The van der Waals surface area contributed by atoms with E-state index >= 15 is 0 Å². The lowest BCUT2D eigenvalue weighted by Crippen LogP contribution is -2.27. The quantitative estimate of drug-likeness (QED) is 0.596. The summed E-state index contributed by atoms with van der Waals surface area (Å²) in [4.78, 5) is 18.8. The third-order valence-corrected chi connectivity index (χ3v) is 5.34. The molecule has 0 amide bonds. The SMILES string of the molecule is c1ccc(-c2nc(NCC3(n4cncn4)CC3)c3ccsc3n2)nc1. The zero-order chi connectivity index (χ0) is 16.7. The summed E-state index contributed by atoms with van der Waals surface area (Å²) in [6, 6.07) is 7.82. The van der Waals surface area contributed by atoms with Gasteiger partial charge < -0.3 is 5.32 Å². The summed E-state index contributed by atoms with van der Waals surface area (Å²) in [7, 11) is 0. The van der Waals surface area contributed by atoms with Crippen molar-refractivity contribution in [2.24, 2.45) is 0 Å². The van der Waals surface area contributed by atoms with Crippen molar-refractivity contribution in [1.82, 2.24) is 29.7 Å². The molecule has 0 atom stereocenters. The summed E-state index contributed by atoms with van der Waals surface area (Å²) >= 11 is 1.61. The summed E-state index contributed by atoms with van der Waals surface area (Å²) in [6.07, 6.45) is 7.31. The van der Waals surface area contributed by atoms with E-state index in [4.69, 9.17) is 4.98 Å². The minimum absolute atomic E-state index is 0.00888. The smallest absolute Gasteiger partial charge is 0.181 e. The summed E-state index contributed by atoms with van der Waals surface area (Å²) in [5.41, 5.74) is 0.785. The molecule has 8 heteroatoms. The summed E-state index contributed by atoms with van der Waals surface area (Å²) in [5.74, 6) is 1.49. The molecule has 0 saturated heterocycles. The molecular formula is C17H15N7S. The summed E-state index contributed by atoms with van der Waals surface area (Å²) in [6.45, 7) is 0.764. The van der Waals surface area contributed by atoms with Gasteiger partial charge in [0.25, 0.3) is 0 Å². The van der Waals surface area contributed by atoms with Crippen LogP contribution in [0.1, 0.15) is 12.8 Å². The van der Waals surface area contributed by atoms with Crippen molar-refractivity contribution in [1.29, 1.82) is 0 Å². The van der Waals surface area contributed by atoms with Crippen LogP contribution >= 0.6 is 11.3 Å². The number of hydrogen-bond acceptors (Lipinski definition) is 7. The van der Waals surface area contributed by atoms with Crippen molar-refractivity contribution >= 4 is 27.4 Å².